The van der Waals surface area contributed by atoms with E-state index in [0.29, 0.717) is 24.8 Å². The second kappa shape index (κ2) is 4.81. The summed E-state index contributed by atoms with van der Waals surface area (Å²) >= 11 is 5.83. The Hall–Kier alpha value is -1.62. The Bertz CT molecular complexity index is 657. The molecule has 1 fully saturated rings. The highest BCUT2D eigenvalue weighted by atomic mass is 35.5. The molecule has 0 amide bonds. The van der Waals surface area contributed by atoms with E-state index in [1.165, 1.54) is 18.9 Å². The summed E-state index contributed by atoms with van der Waals surface area (Å²) in [5.41, 5.74) is 0.934. The number of aromatic nitrogens is 4. The Kier molecular flexibility index (Phi) is 3.14. The topological polar surface area (TPSA) is 52.7 Å². The molecule has 1 aliphatic rings. The smallest absolute Gasteiger partial charge is 0.255 e. The minimum absolute atomic E-state index is 0.111. The first-order valence-electron chi connectivity index (χ1n) is 6.46. The van der Waals surface area contributed by atoms with E-state index in [1.54, 1.807) is 4.57 Å². The zero-order valence-corrected chi connectivity index (χ0v) is 11.5. The number of imidazole rings is 1. The molecule has 0 radical (unpaired) electrons. The van der Waals surface area contributed by atoms with Crippen LogP contribution in [0.5, 0.6) is 0 Å². The van der Waals surface area contributed by atoms with Gasteiger partial charge in [0.2, 0.25) is 0 Å². The molecule has 100 valence electrons. The third-order valence-corrected chi connectivity index (χ3v) is 3.57. The molecule has 6 heteroatoms. The monoisotopic (exact) mass is 278 g/mol. The summed E-state index contributed by atoms with van der Waals surface area (Å²) in [5, 5.41) is 0.258. The summed E-state index contributed by atoms with van der Waals surface area (Å²) in [4.78, 5) is 20.5. The van der Waals surface area contributed by atoms with E-state index >= 15 is 0 Å². The van der Waals surface area contributed by atoms with Crippen LogP contribution >= 0.6 is 11.6 Å². The highest BCUT2D eigenvalue weighted by Crippen LogP contribution is 2.35. The molecule has 19 heavy (non-hydrogen) atoms. The molecule has 0 spiro atoms. The first kappa shape index (κ1) is 12.4. The van der Waals surface area contributed by atoms with Gasteiger partial charge >= 0.3 is 0 Å². The molecule has 0 bridgehead atoms. The molecule has 5 nitrogen and oxygen atoms in total. The molecule has 0 unspecified atom stereocenters. The summed E-state index contributed by atoms with van der Waals surface area (Å²) in [6.45, 7) is 2.47. The van der Waals surface area contributed by atoms with Crippen LogP contribution < -0.4 is 5.56 Å². The first-order chi connectivity index (χ1) is 9.19. The van der Waals surface area contributed by atoms with Gasteiger partial charge in [-0.2, -0.15) is 0 Å². The van der Waals surface area contributed by atoms with E-state index in [9.17, 15) is 4.79 Å². The molecular formula is C13H15ClN4O. The second-order valence-electron chi connectivity index (χ2n) is 4.80. The average molecular weight is 279 g/mol. The maximum atomic E-state index is 12.1. The summed E-state index contributed by atoms with van der Waals surface area (Å²) in [6.07, 6.45) is 6.72. The molecule has 0 saturated heterocycles. The van der Waals surface area contributed by atoms with Gasteiger partial charge in [-0.1, -0.05) is 18.5 Å². The van der Waals surface area contributed by atoms with E-state index in [-0.39, 0.29) is 10.7 Å². The average Bonchev–Trinajstić information content (AvgIpc) is 3.12. The van der Waals surface area contributed by atoms with E-state index in [0.717, 1.165) is 5.69 Å². The lowest BCUT2D eigenvalue weighted by molar-refractivity contribution is 0.614. The largest absolute Gasteiger partial charge is 0.330 e. The summed E-state index contributed by atoms with van der Waals surface area (Å²) in [5.74, 6) is 0.709. The van der Waals surface area contributed by atoms with Crippen molar-refractivity contribution in [1.82, 2.24) is 19.1 Å². The number of nitrogens with zero attached hydrogens (tertiary/aromatic N) is 4. The molecule has 1 aliphatic carbocycles. The standard InChI is InChI=1S/C13H15ClN4O/c1-2-12-16-11(14)5-13(19)17(12)7-10-6-15-8-18(10)9-3-4-9/h5-6,8-9H,2-4,7H2,1H3. The van der Waals surface area contributed by atoms with Crippen LogP contribution in [0.3, 0.4) is 0 Å². The van der Waals surface area contributed by atoms with Crippen LogP contribution in [0, 0.1) is 0 Å². The lowest BCUT2D eigenvalue weighted by Gasteiger charge is -2.12. The van der Waals surface area contributed by atoms with Crippen LogP contribution in [0.4, 0.5) is 0 Å². The van der Waals surface area contributed by atoms with Gasteiger partial charge in [0.15, 0.2) is 0 Å². The molecule has 0 atom stereocenters. The maximum absolute atomic E-state index is 12.1. The van der Waals surface area contributed by atoms with Crippen molar-refractivity contribution < 1.29 is 0 Å². The SMILES string of the molecule is CCc1nc(Cl)cc(=O)n1Cc1cncn1C1CC1. The highest BCUT2D eigenvalue weighted by molar-refractivity contribution is 6.29. The summed E-state index contributed by atoms with van der Waals surface area (Å²) < 4.78 is 3.82. The number of halogens is 1. The zero-order chi connectivity index (χ0) is 13.4. The van der Waals surface area contributed by atoms with Crippen LogP contribution in [0.15, 0.2) is 23.4 Å². The first-order valence-corrected chi connectivity index (χ1v) is 6.83. The van der Waals surface area contributed by atoms with Gasteiger partial charge in [-0.3, -0.25) is 9.36 Å². The molecule has 2 aromatic rings. The fourth-order valence-electron chi connectivity index (χ4n) is 2.26. The van der Waals surface area contributed by atoms with Gasteiger partial charge in [-0.25, -0.2) is 9.97 Å². The van der Waals surface area contributed by atoms with Crippen molar-refractivity contribution in [2.75, 3.05) is 0 Å². The van der Waals surface area contributed by atoms with Crippen molar-refractivity contribution in [1.29, 1.82) is 0 Å². The summed E-state index contributed by atoms with van der Waals surface area (Å²) in [7, 11) is 0. The Morgan fingerprint density at radius 1 is 1.47 bits per heavy atom. The molecule has 2 aromatic heterocycles. The van der Waals surface area contributed by atoms with Gasteiger partial charge in [-0.15, -0.1) is 0 Å². The van der Waals surface area contributed by atoms with Crippen molar-refractivity contribution in [3.63, 3.8) is 0 Å². The second-order valence-corrected chi connectivity index (χ2v) is 5.18. The van der Waals surface area contributed by atoms with Gasteiger partial charge in [-0.05, 0) is 12.8 Å². The van der Waals surface area contributed by atoms with Crippen LogP contribution in [0.1, 0.15) is 37.3 Å². The Morgan fingerprint density at radius 3 is 2.95 bits per heavy atom. The van der Waals surface area contributed by atoms with Gasteiger partial charge < -0.3 is 4.57 Å². The molecule has 0 aromatic carbocycles. The molecule has 0 N–H and O–H groups in total. The third-order valence-electron chi connectivity index (χ3n) is 3.38. The predicted octanol–water partition coefficient (Wildman–Crippen LogP) is 2.04. The maximum Gasteiger partial charge on any atom is 0.255 e. The van der Waals surface area contributed by atoms with Crippen LogP contribution in [0.25, 0.3) is 0 Å². The quantitative estimate of drug-likeness (QED) is 0.804. The minimum atomic E-state index is -0.111. The summed E-state index contributed by atoms with van der Waals surface area (Å²) in [6, 6.07) is 1.91. The van der Waals surface area contributed by atoms with Crippen LogP contribution in [0.2, 0.25) is 5.15 Å². The third kappa shape index (κ3) is 2.42. The number of hydrogen-bond donors (Lipinski definition) is 0. The normalized spacial score (nSPS) is 14.8. The Morgan fingerprint density at radius 2 is 2.26 bits per heavy atom. The van der Waals surface area contributed by atoms with Crippen molar-refractivity contribution in [3.8, 4) is 0 Å². The van der Waals surface area contributed by atoms with E-state index in [1.807, 2.05) is 19.4 Å². The van der Waals surface area contributed by atoms with Crippen molar-refractivity contribution >= 4 is 11.6 Å². The van der Waals surface area contributed by atoms with Crippen molar-refractivity contribution in [3.05, 3.63) is 45.6 Å². The predicted molar refractivity (Wildman–Crippen MR) is 72.5 cm³/mol. The van der Waals surface area contributed by atoms with Gasteiger partial charge in [0, 0.05) is 24.7 Å². The van der Waals surface area contributed by atoms with Crippen LogP contribution in [-0.2, 0) is 13.0 Å². The lowest BCUT2D eigenvalue weighted by Crippen LogP contribution is -2.25. The number of aryl methyl sites for hydroxylation is 1. The minimum Gasteiger partial charge on any atom is -0.330 e. The molecule has 3 rings (SSSR count). The van der Waals surface area contributed by atoms with E-state index in [2.05, 4.69) is 14.5 Å². The molecule has 1 saturated carbocycles. The van der Waals surface area contributed by atoms with E-state index < -0.39 is 0 Å². The van der Waals surface area contributed by atoms with Crippen molar-refractivity contribution in [2.45, 2.75) is 38.8 Å². The van der Waals surface area contributed by atoms with Gasteiger partial charge in [0.1, 0.15) is 11.0 Å². The highest BCUT2D eigenvalue weighted by Gasteiger charge is 2.25. The van der Waals surface area contributed by atoms with Crippen LogP contribution in [-0.4, -0.2) is 19.1 Å². The fraction of sp³-hybridized carbons (Fsp3) is 0.462. The molecule has 2 heterocycles. The lowest BCUT2D eigenvalue weighted by atomic mass is 10.3. The van der Waals surface area contributed by atoms with Gasteiger partial charge in [0.05, 0.1) is 18.6 Å². The van der Waals surface area contributed by atoms with E-state index in [4.69, 9.17) is 11.6 Å². The molecular weight excluding hydrogens is 264 g/mol. The fourth-order valence-corrected chi connectivity index (χ4v) is 2.45. The van der Waals surface area contributed by atoms with Crippen molar-refractivity contribution in [2.24, 2.45) is 0 Å². The zero-order valence-electron chi connectivity index (χ0n) is 10.7. The Labute approximate surface area is 115 Å². The van der Waals surface area contributed by atoms with Gasteiger partial charge in [0.25, 0.3) is 5.56 Å². The molecule has 0 aliphatic heterocycles. The number of hydrogen-bond acceptors (Lipinski definition) is 3. The Balaban J connectivity index is 1.98. The number of rotatable bonds is 4.